The number of carboxylic acids is 1. The van der Waals surface area contributed by atoms with E-state index in [-0.39, 0.29) is 27.9 Å². The second kappa shape index (κ2) is 5.76. The minimum absolute atomic E-state index is 0.00837. The van der Waals surface area contributed by atoms with Crippen LogP contribution in [0, 0.1) is 17.0 Å². The molecule has 1 heterocycles. The molecule has 21 heavy (non-hydrogen) atoms. The molecule has 7 nitrogen and oxygen atoms in total. The van der Waals surface area contributed by atoms with E-state index >= 15 is 0 Å². The molecule has 0 atom stereocenters. The van der Waals surface area contributed by atoms with Crippen LogP contribution in [-0.2, 0) is 0 Å². The molecule has 1 aromatic heterocycles. The fourth-order valence-electron chi connectivity index (χ4n) is 1.60. The van der Waals surface area contributed by atoms with E-state index in [1.54, 1.807) is 6.92 Å². The quantitative estimate of drug-likeness (QED) is 0.685. The summed E-state index contributed by atoms with van der Waals surface area (Å²) in [6, 6.07) is 5.20. The Bertz CT molecular complexity index is 671. The number of carbonyl (C=O) groups is 1. The molecule has 0 aliphatic carbocycles. The van der Waals surface area contributed by atoms with Crippen molar-refractivity contribution in [3.63, 3.8) is 0 Å². The maximum absolute atomic E-state index is 11.0. The topological polar surface area (TPSA) is 103 Å². The molecule has 0 unspecified atom stereocenters. The van der Waals surface area contributed by atoms with Crippen LogP contribution in [0.1, 0.15) is 15.9 Å². The summed E-state index contributed by atoms with van der Waals surface area (Å²) >= 11 is 5.74. The smallest absolute Gasteiger partial charge is 0.337 e. The molecule has 0 saturated heterocycles. The molecule has 0 fully saturated rings. The van der Waals surface area contributed by atoms with E-state index in [2.05, 4.69) is 4.98 Å². The van der Waals surface area contributed by atoms with Crippen molar-refractivity contribution in [3.8, 4) is 11.6 Å². The largest absolute Gasteiger partial charge is 0.478 e. The Kier molecular flexibility index (Phi) is 4.04. The first-order valence-electron chi connectivity index (χ1n) is 5.70. The average molecular weight is 309 g/mol. The number of benzene rings is 1. The molecule has 1 N–H and O–H groups in total. The number of halogens is 1. The monoisotopic (exact) mass is 308 g/mol. The van der Waals surface area contributed by atoms with Crippen molar-refractivity contribution in [2.24, 2.45) is 0 Å². The first-order valence-corrected chi connectivity index (χ1v) is 6.08. The second-order valence-electron chi connectivity index (χ2n) is 4.12. The van der Waals surface area contributed by atoms with Crippen molar-refractivity contribution in [1.82, 2.24) is 4.98 Å². The van der Waals surface area contributed by atoms with Crippen molar-refractivity contribution >= 4 is 23.3 Å². The molecule has 0 radical (unpaired) electrons. The summed E-state index contributed by atoms with van der Waals surface area (Å²) in [5, 5.41) is 19.9. The van der Waals surface area contributed by atoms with Gasteiger partial charge in [0.1, 0.15) is 5.75 Å². The van der Waals surface area contributed by atoms with Gasteiger partial charge in [-0.05, 0) is 25.1 Å². The van der Waals surface area contributed by atoms with E-state index in [1.165, 1.54) is 30.5 Å². The molecule has 108 valence electrons. The second-order valence-corrected chi connectivity index (χ2v) is 4.52. The molecule has 2 aromatic rings. The van der Waals surface area contributed by atoms with Crippen LogP contribution in [0.3, 0.4) is 0 Å². The lowest BCUT2D eigenvalue weighted by atomic mass is 10.2. The molecule has 1 aromatic carbocycles. The van der Waals surface area contributed by atoms with Crippen LogP contribution in [0.15, 0.2) is 30.5 Å². The van der Waals surface area contributed by atoms with Crippen molar-refractivity contribution in [2.75, 3.05) is 0 Å². The van der Waals surface area contributed by atoms with Gasteiger partial charge >= 0.3 is 5.97 Å². The van der Waals surface area contributed by atoms with Crippen molar-refractivity contribution in [3.05, 3.63) is 56.7 Å². The first kappa shape index (κ1) is 14.7. The van der Waals surface area contributed by atoms with E-state index in [4.69, 9.17) is 21.4 Å². The summed E-state index contributed by atoms with van der Waals surface area (Å²) in [4.78, 5) is 25.2. The maximum Gasteiger partial charge on any atom is 0.337 e. The third-order valence-corrected chi connectivity index (χ3v) is 2.97. The Balaban J connectivity index is 2.34. The number of pyridine rings is 1. The van der Waals surface area contributed by atoms with E-state index in [0.717, 1.165) is 0 Å². The lowest BCUT2D eigenvalue weighted by molar-refractivity contribution is -0.385. The summed E-state index contributed by atoms with van der Waals surface area (Å²) in [5.41, 5.74) is 0.137. The van der Waals surface area contributed by atoms with E-state index in [0.29, 0.717) is 5.56 Å². The minimum Gasteiger partial charge on any atom is -0.478 e. The Morgan fingerprint density at radius 3 is 2.76 bits per heavy atom. The highest BCUT2D eigenvalue weighted by molar-refractivity contribution is 6.33. The fourth-order valence-corrected chi connectivity index (χ4v) is 1.80. The van der Waals surface area contributed by atoms with Gasteiger partial charge < -0.3 is 9.84 Å². The van der Waals surface area contributed by atoms with Gasteiger partial charge in [-0.2, -0.15) is 0 Å². The van der Waals surface area contributed by atoms with Crippen LogP contribution < -0.4 is 4.74 Å². The number of hydrogen-bond acceptors (Lipinski definition) is 5. The Hall–Kier alpha value is -2.67. The number of carboxylic acid groups (broad SMARTS) is 1. The van der Waals surface area contributed by atoms with Crippen molar-refractivity contribution in [1.29, 1.82) is 0 Å². The Morgan fingerprint density at radius 2 is 2.14 bits per heavy atom. The molecule has 8 heteroatoms. The lowest BCUT2D eigenvalue weighted by Crippen LogP contribution is -1.99. The number of rotatable bonds is 4. The van der Waals surface area contributed by atoms with Crippen molar-refractivity contribution in [2.45, 2.75) is 6.92 Å². The SMILES string of the molecule is Cc1cnc(Oc2ccc(Cl)c(C(=O)O)c2)cc1[N+](=O)[O-]. The molecule has 0 aliphatic heterocycles. The summed E-state index contributed by atoms with van der Waals surface area (Å²) in [5.74, 6) is -1.04. The van der Waals surface area contributed by atoms with E-state index in [1.807, 2.05) is 0 Å². The van der Waals surface area contributed by atoms with Gasteiger partial charge in [0.25, 0.3) is 5.69 Å². The predicted molar refractivity (Wildman–Crippen MR) is 74.1 cm³/mol. The van der Waals surface area contributed by atoms with Gasteiger partial charge in [0.2, 0.25) is 5.88 Å². The van der Waals surface area contributed by atoms with Crippen LogP contribution in [-0.4, -0.2) is 21.0 Å². The molecular weight excluding hydrogens is 300 g/mol. The third-order valence-electron chi connectivity index (χ3n) is 2.64. The van der Waals surface area contributed by atoms with Crippen molar-refractivity contribution < 1.29 is 19.6 Å². The zero-order chi connectivity index (χ0) is 15.6. The summed E-state index contributed by atoms with van der Waals surface area (Å²) < 4.78 is 5.33. The number of aromatic carboxylic acids is 1. The Morgan fingerprint density at radius 1 is 1.43 bits per heavy atom. The highest BCUT2D eigenvalue weighted by Crippen LogP contribution is 2.28. The van der Waals surface area contributed by atoms with Crippen LogP contribution in [0.2, 0.25) is 5.02 Å². The molecule has 0 bridgehead atoms. The minimum atomic E-state index is -1.20. The van der Waals surface area contributed by atoms with Gasteiger partial charge in [-0.25, -0.2) is 9.78 Å². The highest BCUT2D eigenvalue weighted by Gasteiger charge is 2.15. The predicted octanol–water partition coefficient (Wildman–Crippen LogP) is 3.44. The number of ether oxygens (including phenoxy) is 1. The zero-order valence-electron chi connectivity index (χ0n) is 10.7. The van der Waals surface area contributed by atoms with Crippen LogP contribution in [0.5, 0.6) is 11.6 Å². The number of nitrogens with zero attached hydrogens (tertiary/aromatic N) is 2. The van der Waals surface area contributed by atoms with E-state index in [9.17, 15) is 14.9 Å². The first-order chi connectivity index (χ1) is 9.88. The Labute approximate surface area is 123 Å². The number of nitro groups is 1. The molecule has 0 spiro atoms. The maximum atomic E-state index is 11.0. The van der Waals surface area contributed by atoms with Gasteiger partial charge in [-0.1, -0.05) is 11.6 Å². The van der Waals surface area contributed by atoms with Gasteiger partial charge in [-0.3, -0.25) is 10.1 Å². The highest BCUT2D eigenvalue weighted by atomic mass is 35.5. The van der Waals surface area contributed by atoms with Gasteiger partial charge in [0.05, 0.1) is 21.6 Å². The van der Waals surface area contributed by atoms with Crippen LogP contribution >= 0.6 is 11.6 Å². The lowest BCUT2D eigenvalue weighted by Gasteiger charge is -2.07. The van der Waals surface area contributed by atoms with Crippen LogP contribution in [0.4, 0.5) is 5.69 Å². The van der Waals surface area contributed by atoms with Crippen LogP contribution in [0.25, 0.3) is 0 Å². The van der Waals surface area contributed by atoms with Gasteiger partial charge in [-0.15, -0.1) is 0 Å². The molecular formula is C13H9ClN2O5. The third kappa shape index (κ3) is 3.26. The molecule has 0 saturated carbocycles. The molecule has 0 aliphatic rings. The molecule has 2 rings (SSSR count). The summed E-state index contributed by atoms with van der Waals surface area (Å²) in [6.45, 7) is 1.56. The fraction of sp³-hybridized carbons (Fsp3) is 0.0769. The number of aryl methyl sites for hydroxylation is 1. The number of hydrogen-bond donors (Lipinski definition) is 1. The number of aromatic nitrogens is 1. The standard InChI is InChI=1S/C13H9ClN2O5/c1-7-6-15-12(5-11(7)16(19)20)21-8-2-3-10(14)9(4-8)13(17)18/h2-6H,1H3,(H,17,18). The average Bonchev–Trinajstić information content (AvgIpc) is 2.42. The summed E-state index contributed by atoms with van der Waals surface area (Å²) in [6.07, 6.45) is 1.31. The zero-order valence-corrected chi connectivity index (χ0v) is 11.5. The van der Waals surface area contributed by atoms with Gasteiger partial charge in [0.15, 0.2) is 0 Å². The normalized spacial score (nSPS) is 10.2. The van der Waals surface area contributed by atoms with Gasteiger partial charge in [0, 0.05) is 11.8 Å². The molecule has 0 amide bonds. The summed E-state index contributed by atoms with van der Waals surface area (Å²) in [7, 11) is 0. The van der Waals surface area contributed by atoms with E-state index < -0.39 is 10.9 Å².